The van der Waals surface area contributed by atoms with Gasteiger partial charge < -0.3 is 24.6 Å². The van der Waals surface area contributed by atoms with Crippen molar-refractivity contribution >= 4 is 17.0 Å². The maximum absolute atomic E-state index is 11.2. The van der Waals surface area contributed by atoms with Crippen molar-refractivity contribution in [3.63, 3.8) is 0 Å². The highest BCUT2D eigenvalue weighted by Gasteiger charge is 2.28. The zero-order chi connectivity index (χ0) is 18.1. The van der Waals surface area contributed by atoms with Crippen LogP contribution in [-0.4, -0.2) is 58.0 Å². The number of piperazine rings is 1. The lowest BCUT2D eigenvalue weighted by Crippen LogP contribution is -2.48. The zero-order valence-corrected chi connectivity index (χ0v) is 14.0. The molecule has 3 heterocycles. The number of rotatable bonds is 3. The van der Waals surface area contributed by atoms with Crippen molar-refractivity contribution in [3.8, 4) is 17.3 Å². The average Bonchev–Trinajstić information content (AvgIpc) is 3.17. The molecule has 2 aromatic heterocycles. The number of fused-ring (bicyclic) bond motifs is 1. The molecule has 0 bridgehead atoms. The molecule has 3 aromatic rings. The van der Waals surface area contributed by atoms with Crippen LogP contribution in [0.25, 0.3) is 22.4 Å². The third-order valence-electron chi connectivity index (χ3n) is 4.31. The molecule has 134 valence electrons. The van der Waals surface area contributed by atoms with Crippen LogP contribution >= 0.6 is 0 Å². The van der Waals surface area contributed by atoms with Gasteiger partial charge >= 0.3 is 6.09 Å². The largest absolute Gasteiger partial charge is 0.480 e. The van der Waals surface area contributed by atoms with Gasteiger partial charge in [-0.1, -0.05) is 23.4 Å². The highest BCUT2D eigenvalue weighted by Crippen LogP contribution is 2.31. The summed E-state index contributed by atoms with van der Waals surface area (Å²) in [6, 6.07) is 9.23. The topological polar surface area (TPSA) is 114 Å². The van der Waals surface area contributed by atoms with E-state index >= 15 is 0 Å². The Kier molecular flexibility index (Phi) is 4.13. The van der Waals surface area contributed by atoms with E-state index in [4.69, 9.17) is 14.4 Å². The van der Waals surface area contributed by atoms with Crippen molar-refractivity contribution < 1.29 is 19.2 Å². The first-order valence-corrected chi connectivity index (χ1v) is 8.14. The fraction of sp³-hybridized carbons (Fsp3) is 0.294. The average molecular weight is 355 g/mol. The third kappa shape index (κ3) is 2.93. The van der Waals surface area contributed by atoms with Gasteiger partial charge in [0, 0.05) is 25.0 Å². The van der Waals surface area contributed by atoms with E-state index in [1.54, 1.807) is 0 Å². The molecule has 4 rings (SSSR count). The maximum atomic E-state index is 11.2. The molecule has 9 heteroatoms. The number of para-hydroxylation sites is 1. The van der Waals surface area contributed by atoms with Crippen LogP contribution in [0, 0.1) is 0 Å². The highest BCUT2D eigenvalue weighted by molar-refractivity contribution is 5.84. The van der Waals surface area contributed by atoms with Crippen molar-refractivity contribution in [2.24, 2.45) is 0 Å². The summed E-state index contributed by atoms with van der Waals surface area (Å²) in [5.74, 6) is 1.08. The first kappa shape index (κ1) is 16.3. The fourth-order valence-electron chi connectivity index (χ4n) is 2.99. The fourth-order valence-corrected chi connectivity index (χ4v) is 2.99. The minimum Gasteiger partial charge on any atom is -0.480 e. The number of ether oxygens (including phenoxy) is 1. The summed E-state index contributed by atoms with van der Waals surface area (Å²) in [6.07, 6.45) is -0.958. The first-order valence-electron chi connectivity index (χ1n) is 8.14. The minimum absolute atomic E-state index is 0.265. The van der Waals surface area contributed by atoms with E-state index in [0.29, 0.717) is 30.4 Å². The summed E-state index contributed by atoms with van der Waals surface area (Å²) in [5.41, 5.74) is 1.40. The standard InChI is InChI=1S/C17H17N5O4/c1-25-15-11(8-10-4-2-3-5-12(10)19-15)16-20-14(21-26-16)13-9-22(17(23)24)7-6-18-13/h2-5,8,13,18H,6-7,9H2,1H3,(H,23,24). The van der Waals surface area contributed by atoms with E-state index in [9.17, 15) is 4.79 Å². The van der Waals surface area contributed by atoms with Gasteiger partial charge in [0.25, 0.3) is 5.89 Å². The number of nitrogens with zero attached hydrogens (tertiary/aromatic N) is 4. The number of nitrogens with one attached hydrogen (secondary N) is 1. The maximum Gasteiger partial charge on any atom is 0.407 e. The van der Waals surface area contributed by atoms with Crippen LogP contribution in [0.15, 0.2) is 34.9 Å². The van der Waals surface area contributed by atoms with Gasteiger partial charge in [-0.05, 0) is 12.1 Å². The van der Waals surface area contributed by atoms with E-state index in [1.165, 1.54) is 12.0 Å². The molecule has 1 fully saturated rings. The van der Waals surface area contributed by atoms with Gasteiger partial charge in [0.2, 0.25) is 5.88 Å². The molecule has 2 N–H and O–H groups in total. The third-order valence-corrected chi connectivity index (χ3v) is 4.31. The number of hydrogen-bond acceptors (Lipinski definition) is 7. The number of aromatic nitrogens is 3. The van der Waals surface area contributed by atoms with Gasteiger partial charge in [0.1, 0.15) is 5.56 Å². The Morgan fingerprint density at radius 3 is 3.04 bits per heavy atom. The minimum atomic E-state index is -0.958. The van der Waals surface area contributed by atoms with Gasteiger partial charge in [-0.2, -0.15) is 4.98 Å². The Hall–Kier alpha value is -3.20. The number of hydrogen-bond donors (Lipinski definition) is 2. The van der Waals surface area contributed by atoms with Crippen LogP contribution in [0.2, 0.25) is 0 Å². The van der Waals surface area contributed by atoms with Crippen LogP contribution in [0.4, 0.5) is 4.79 Å². The second-order valence-corrected chi connectivity index (χ2v) is 5.93. The van der Waals surface area contributed by atoms with Crippen molar-refractivity contribution in [1.29, 1.82) is 0 Å². The molecule has 1 aliphatic rings. The molecule has 1 unspecified atom stereocenters. The number of benzene rings is 1. The molecular weight excluding hydrogens is 338 g/mol. The summed E-state index contributed by atoms with van der Waals surface area (Å²) in [4.78, 5) is 21.4. The lowest BCUT2D eigenvalue weighted by molar-refractivity contribution is 0.127. The number of carbonyl (C=O) groups is 1. The number of methoxy groups -OCH3 is 1. The molecule has 1 aromatic carbocycles. The SMILES string of the molecule is COc1nc2ccccc2cc1-c1nc(C2CN(C(=O)O)CCN2)no1. The molecule has 0 aliphatic carbocycles. The molecule has 26 heavy (non-hydrogen) atoms. The molecule has 1 saturated heterocycles. The Morgan fingerprint density at radius 2 is 2.23 bits per heavy atom. The molecule has 1 aliphatic heterocycles. The second kappa shape index (κ2) is 6.60. The number of amides is 1. The molecule has 1 amide bonds. The Labute approximate surface area is 148 Å². The van der Waals surface area contributed by atoms with E-state index in [1.807, 2.05) is 30.3 Å². The molecule has 1 atom stereocenters. The van der Waals surface area contributed by atoms with Crippen LogP contribution in [0.5, 0.6) is 5.88 Å². The number of carboxylic acid groups (broad SMARTS) is 1. The zero-order valence-electron chi connectivity index (χ0n) is 14.0. The Bertz CT molecular complexity index is 957. The molecule has 0 saturated carbocycles. The van der Waals surface area contributed by atoms with Gasteiger partial charge in [-0.3, -0.25) is 0 Å². The normalized spacial score (nSPS) is 17.4. The van der Waals surface area contributed by atoms with E-state index in [2.05, 4.69) is 20.4 Å². The van der Waals surface area contributed by atoms with Gasteiger partial charge in [0.05, 0.1) is 18.7 Å². The van der Waals surface area contributed by atoms with Gasteiger partial charge in [-0.25, -0.2) is 9.78 Å². The van der Waals surface area contributed by atoms with Crippen LogP contribution < -0.4 is 10.1 Å². The van der Waals surface area contributed by atoms with Crippen LogP contribution in [0.3, 0.4) is 0 Å². The van der Waals surface area contributed by atoms with Crippen LogP contribution in [-0.2, 0) is 0 Å². The molecular formula is C17H17N5O4. The van der Waals surface area contributed by atoms with Crippen molar-refractivity contribution in [2.75, 3.05) is 26.7 Å². The lowest BCUT2D eigenvalue weighted by Gasteiger charge is -2.29. The molecule has 0 radical (unpaired) electrons. The predicted octanol–water partition coefficient (Wildman–Crippen LogP) is 1.92. The summed E-state index contributed by atoms with van der Waals surface area (Å²) in [5, 5.41) is 17.3. The monoisotopic (exact) mass is 355 g/mol. The summed E-state index contributed by atoms with van der Waals surface area (Å²) >= 11 is 0. The van der Waals surface area contributed by atoms with Crippen molar-refractivity contribution in [3.05, 3.63) is 36.2 Å². The smallest absolute Gasteiger partial charge is 0.407 e. The van der Waals surface area contributed by atoms with Gasteiger partial charge in [-0.15, -0.1) is 0 Å². The first-order chi connectivity index (χ1) is 12.7. The Morgan fingerprint density at radius 1 is 1.38 bits per heavy atom. The Balaban J connectivity index is 1.67. The quantitative estimate of drug-likeness (QED) is 0.732. The molecule has 9 nitrogen and oxygen atoms in total. The summed E-state index contributed by atoms with van der Waals surface area (Å²) < 4.78 is 10.8. The number of pyridine rings is 1. The van der Waals surface area contributed by atoms with Crippen LogP contribution in [0.1, 0.15) is 11.9 Å². The van der Waals surface area contributed by atoms with E-state index in [-0.39, 0.29) is 18.5 Å². The van der Waals surface area contributed by atoms with E-state index in [0.717, 1.165) is 10.9 Å². The summed E-state index contributed by atoms with van der Waals surface area (Å²) in [6.45, 7) is 1.22. The molecule has 0 spiro atoms. The van der Waals surface area contributed by atoms with Crippen molar-refractivity contribution in [1.82, 2.24) is 25.3 Å². The van der Waals surface area contributed by atoms with E-state index < -0.39 is 6.09 Å². The van der Waals surface area contributed by atoms with Gasteiger partial charge in [0.15, 0.2) is 5.82 Å². The summed E-state index contributed by atoms with van der Waals surface area (Å²) in [7, 11) is 1.53. The highest BCUT2D eigenvalue weighted by atomic mass is 16.5. The lowest BCUT2D eigenvalue weighted by atomic mass is 10.1. The second-order valence-electron chi connectivity index (χ2n) is 5.93. The predicted molar refractivity (Wildman–Crippen MR) is 91.9 cm³/mol. The van der Waals surface area contributed by atoms with Crippen molar-refractivity contribution in [2.45, 2.75) is 6.04 Å².